The van der Waals surface area contributed by atoms with Crippen molar-refractivity contribution >= 4 is 17.3 Å². The van der Waals surface area contributed by atoms with Gasteiger partial charge in [0, 0.05) is 18.5 Å². The third-order valence-electron chi connectivity index (χ3n) is 3.15. The maximum absolute atomic E-state index is 6.03. The molecule has 0 amide bonds. The highest BCUT2D eigenvalue weighted by atomic mass is 35.5. The minimum atomic E-state index is 0.565. The number of anilines is 1. The van der Waals surface area contributed by atoms with Gasteiger partial charge in [-0.15, -0.1) is 10.2 Å². The molecular weight excluding hydrogens is 236 g/mol. The zero-order valence-corrected chi connectivity index (χ0v) is 10.1. The van der Waals surface area contributed by atoms with Crippen molar-refractivity contribution in [1.29, 1.82) is 0 Å². The van der Waals surface area contributed by atoms with E-state index in [1.54, 1.807) is 6.07 Å². The second kappa shape index (κ2) is 4.04. The molecule has 3 rings (SSSR count). The fourth-order valence-corrected chi connectivity index (χ4v) is 2.41. The summed E-state index contributed by atoms with van der Waals surface area (Å²) >= 11 is 6.03. The maximum Gasteiger partial charge on any atom is 0.166 e. The average Bonchev–Trinajstić information content (AvgIpc) is 2.77. The summed E-state index contributed by atoms with van der Waals surface area (Å²) in [6.45, 7) is 0.962. The predicted molar refractivity (Wildman–Crippen MR) is 67.8 cm³/mol. The van der Waals surface area contributed by atoms with Crippen LogP contribution in [0.1, 0.15) is 18.7 Å². The van der Waals surface area contributed by atoms with Crippen LogP contribution < -0.4 is 5.73 Å². The summed E-state index contributed by atoms with van der Waals surface area (Å²) in [5, 5.41) is 9.03. The monoisotopic (exact) mass is 248 g/mol. The van der Waals surface area contributed by atoms with Crippen LogP contribution in [0.3, 0.4) is 0 Å². The normalized spacial score (nSPS) is 14.6. The Bertz CT molecular complexity index is 562. The van der Waals surface area contributed by atoms with Crippen molar-refractivity contribution in [1.82, 2.24) is 14.8 Å². The lowest BCUT2D eigenvalue weighted by atomic mass is 10.1. The first kappa shape index (κ1) is 10.6. The van der Waals surface area contributed by atoms with Crippen LogP contribution in [0.5, 0.6) is 0 Å². The Hall–Kier alpha value is -1.55. The van der Waals surface area contributed by atoms with E-state index in [2.05, 4.69) is 14.8 Å². The van der Waals surface area contributed by atoms with E-state index in [0.717, 1.165) is 30.2 Å². The Morgan fingerprint density at radius 2 is 2.12 bits per heavy atom. The number of fused-ring (bicyclic) bond motifs is 1. The van der Waals surface area contributed by atoms with E-state index in [0.29, 0.717) is 10.7 Å². The van der Waals surface area contributed by atoms with Crippen LogP contribution in [0.4, 0.5) is 5.69 Å². The van der Waals surface area contributed by atoms with Gasteiger partial charge in [0.25, 0.3) is 0 Å². The van der Waals surface area contributed by atoms with Gasteiger partial charge >= 0.3 is 0 Å². The van der Waals surface area contributed by atoms with Gasteiger partial charge in [0.1, 0.15) is 5.82 Å². The SMILES string of the molecule is Nc1c(Cl)cccc1-c1nnc2n1CCCC2. The number of rotatable bonds is 1. The van der Waals surface area contributed by atoms with Gasteiger partial charge in [-0.25, -0.2) is 0 Å². The quantitative estimate of drug-likeness (QED) is 0.789. The molecule has 0 fully saturated rings. The Morgan fingerprint density at radius 1 is 1.24 bits per heavy atom. The standard InChI is InChI=1S/C12H13ClN4/c13-9-5-3-4-8(11(9)14)12-16-15-10-6-1-2-7-17(10)12/h3-5H,1-2,6-7,14H2. The number of aromatic nitrogens is 3. The molecule has 0 radical (unpaired) electrons. The molecule has 0 saturated heterocycles. The van der Waals surface area contributed by atoms with Crippen molar-refractivity contribution < 1.29 is 0 Å². The lowest BCUT2D eigenvalue weighted by Crippen LogP contribution is -2.11. The number of nitrogen functional groups attached to an aromatic ring is 1. The van der Waals surface area contributed by atoms with Gasteiger partial charge in [0.2, 0.25) is 0 Å². The van der Waals surface area contributed by atoms with Gasteiger partial charge in [0.05, 0.1) is 10.7 Å². The third kappa shape index (κ3) is 1.69. The molecule has 0 bridgehead atoms. The minimum Gasteiger partial charge on any atom is -0.397 e. The summed E-state index contributed by atoms with van der Waals surface area (Å²) in [7, 11) is 0. The molecule has 1 aliphatic heterocycles. The van der Waals surface area contributed by atoms with Gasteiger partial charge in [-0.1, -0.05) is 17.7 Å². The Balaban J connectivity index is 2.15. The number of halogens is 1. The number of aryl methyl sites for hydroxylation is 1. The molecule has 1 aromatic carbocycles. The molecule has 0 unspecified atom stereocenters. The fraction of sp³-hybridized carbons (Fsp3) is 0.333. The molecule has 1 aromatic heterocycles. The summed E-state index contributed by atoms with van der Waals surface area (Å²) in [5.74, 6) is 1.88. The average molecular weight is 249 g/mol. The molecule has 0 saturated carbocycles. The third-order valence-corrected chi connectivity index (χ3v) is 3.48. The van der Waals surface area contributed by atoms with Gasteiger partial charge < -0.3 is 10.3 Å². The van der Waals surface area contributed by atoms with E-state index < -0.39 is 0 Å². The van der Waals surface area contributed by atoms with Crippen LogP contribution in [0.15, 0.2) is 18.2 Å². The van der Waals surface area contributed by atoms with E-state index in [4.69, 9.17) is 17.3 Å². The van der Waals surface area contributed by atoms with Crippen LogP contribution in [0.2, 0.25) is 5.02 Å². The maximum atomic E-state index is 6.03. The van der Waals surface area contributed by atoms with E-state index in [9.17, 15) is 0 Å². The van der Waals surface area contributed by atoms with E-state index >= 15 is 0 Å². The summed E-state index contributed by atoms with van der Waals surface area (Å²) in [6, 6.07) is 5.61. The Labute approximate surface area is 104 Å². The number of benzene rings is 1. The smallest absolute Gasteiger partial charge is 0.166 e. The Morgan fingerprint density at radius 3 is 3.00 bits per heavy atom. The highest BCUT2D eigenvalue weighted by Crippen LogP contribution is 2.31. The minimum absolute atomic E-state index is 0.565. The second-order valence-electron chi connectivity index (χ2n) is 4.25. The molecule has 17 heavy (non-hydrogen) atoms. The number of hydrogen-bond donors (Lipinski definition) is 1. The molecular formula is C12H13ClN4. The number of nitrogens with two attached hydrogens (primary N) is 1. The molecule has 0 atom stereocenters. The molecule has 4 nitrogen and oxygen atoms in total. The number of nitrogens with zero attached hydrogens (tertiary/aromatic N) is 3. The lowest BCUT2D eigenvalue weighted by Gasteiger charge is -2.15. The Kier molecular flexibility index (Phi) is 2.52. The number of para-hydroxylation sites is 1. The van der Waals surface area contributed by atoms with Crippen molar-refractivity contribution in [2.24, 2.45) is 0 Å². The van der Waals surface area contributed by atoms with Crippen LogP contribution in [0, 0.1) is 0 Å². The molecule has 2 heterocycles. The lowest BCUT2D eigenvalue weighted by molar-refractivity contribution is 0.526. The van der Waals surface area contributed by atoms with Crippen molar-refractivity contribution in [3.05, 3.63) is 29.0 Å². The first-order valence-electron chi connectivity index (χ1n) is 5.74. The van der Waals surface area contributed by atoms with E-state index in [-0.39, 0.29) is 0 Å². The molecule has 88 valence electrons. The summed E-state index contributed by atoms with van der Waals surface area (Å²) in [5.41, 5.74) is 7.45. The zero-order chi connectivity index (χ0) is 11.8. The van der Waals surface area contributed by atoms with E-state index in [1.165, 1.54) is 12.8 Å². The van der Waals surface area contributed by atoms with E-state index in [1.807, 2.05) is 12.1 Å². The van der Waals surface area contributed by atoms with Crippen LogP contribution in [-0.4, -0.2) is 14.8 Å². The van der Waals surface area contributed by atoms with Crippen LogP contribution in [-0.2, 0) is 13.0 Å². The summed E-state index contributed by atoms with van der Waals surface area (Å²) in [4.78, 5) is 0. The fourth-order valence-electron chi connectivity index (χ4n) is 2.24. The van der Waals surface area contributed by atoms with Crippen molar-refractivity contribution in [3.8, 4) is 11.4 Å². The molecule has 2 aromatic rings. The van der Waals surface area contributed by atoms with Gasteiger partial charge in [-0.05, 0) is 25.0 Å². The topological polar surface area (TPSA) is 56.7 Å². The highest BCUT2D eigenvalue weighted by molar-refractivity contribution is 6.33. The molecule has 5 heteroatoms. The highest BCUT2D eigenvalue weighted by Gasteiger charge is 2.18. The second-order valence-corrected chi connectivity index (χ2v) is 4.66. The van der Waals surface area contributed by atoms with Gasteiger partial charge in [-0.2, -0.15) is 0 Å². The first-order valence-corrected chi connectivity index (χ1v) is 6.11. The van der Waals surface area contributed by atoms with Gasteiger partial charge in [0.15, 0.2) is 5.82 Å². The van der Waals surface area contributed by atoms with Crippen LogP contribution >= 0.6 is 11.6 Å². The summed E-state index contributed by atoms with van der Waals surface area (Å²) < 4.78 is 2.14. The zero-order valence-electron chi connectivity index (χ0n) is 9.36. The van der Waals surface area contributed by atoms with Crippen molar-refractivity contribution in [3.63, 3.8) is 0 Å². The molecule has 2 N–H and O–H groups in total. The predicted octanol–water partition coefficient (Wildman–Crippen LogP) is 2.52. The molecule has 0 spiro atoms. The largest absolute Gasteiger partial charge is 0.397 e. The van der Waals surface area contributed by atoms with Gasteiger partial charge in [-0.3, -0.25) is 0 Å². The number of hydrogen-bond acceptors (Lipinski definition) is 3. The van der Waals surface area contributed by atoms with Crippen molar-refractivity contribution in [2.45, 2.75) is 25.8 Å². The first-order chi connectivity index (χ1) is 8.27. The van der Waals surface area contributed by atoms with Crippen LogP contribution in [0.25, 0.3) is 11.4 Å². The molecule has 0 aliphatic carbocycles. The summed E-state index contributed by atoms with van der Waals surface area (Å²) in [6.07, 6.45) is 3.34. The van der Waals surface area contributed by atoms with Crippen molar-refractivity contribution in [2.75, 3.05) is 5.73 Å². The molecule has 1 aliphatic rings.